The number of nitrogens with zero attached hydrogens (tertiary/aromatic N) is 1. The first kappa shape index (κ1) is 32.3. The molecule has 0 spiro atoms. The molecule has 2 aromatic carbocycles. The predicted octanol–water partition coefficient (Wildman–Crippen LogP) is 6.49. The number of aromatic nitrogens is 1. The maximum absolute atomic E-state index is 13.1. The van der Waals surface area contributed by atoms with Crippen molar-refractivity contribution in [3.63, 3.8) is 0 Å². The lowest BCUT2D eigenvalue weighted by Crippen LogP contribution is -2.41. The first-order valence-corrected chi connectivity index (χ1v) is 13.6. The number of hydrogen-bond donors (Lipinski definition) is 1. The summed E-state index contributed by atoms with van der Waals surface area (Å²) in [7, 11) is 1.37. The van der Waals surface area contributed by atoms with Crippen LogP contribution in [-0.2, 0) is 19.1 Å². The molecule has 0 aliphatic rings. The lowest BCUT2D eigenvalue weighted by molar-refractivity contribution is -0.151. The molecule has 9 nitrogen and oxygen atoms in total. The molecule has 1 amide bonds. The maximum atomic E-state index is 13.1. The zero-order valence-corrected chi connectivity index (χ0v) is 25.4. The minimum atomic E-state index is -1.09. The van der Waals surface area contributed by atoms with E-state index in [-0.39, 0.29) is 17.2 Å². The highest BCUT2D eigenvalue weighted by Crippen LogP contribution is 2.36. The highest BCUT2D eigenvalue weighted by atomic mass is 35.5. The van der Waals surface area contributed by atoms with E-state index in [2.05, 4.69) is 10.3 Å². The summed E-state index contributed by atoms with van der Waals surface area (Å²) in [5, 5.41) is 3.93. The van der Waals surface area contributed by atoms with Crippen LogP contribution in [0.25, 0.3) is 0 Å². The summed E-state index contributed by atoms with van der Waals surface area (Å²) in [6.07, 6.45) is 0.588. The number of halogens is 4. The lowest BCUT2D eigenvalue weighted by Gasteiger charge is -2.27. The summed E-state index contributed by atoms with van der Waals surface area (Å²) in [4.78, 5) is 41.3. The summed E-state index contributed by atoms with van der Waals surface area (Å²) < 4.78 is 21.2. The highest BCUT2D eigenvalue weighted by molar-refractivity contribution is 6.42. The van der Waals surface area contributed by atoms with E-state index >= 15 is 0 Å². The standard InChI is InChI=1S/C28H26Cl4N2O7/c1-14(34-27(36)25-26(40-13-39-16(3)35)23(38-4)9-10-33-25)28(37)41-15(2)24(17-5-7-19(29)21(31)11-17)18-6-8-20(30)22(32)12-18/h5-12,14-15,24H,13H2,1-4H3,(H,34,36)/t14-,15-/m0/s1. The molecule has 0 saturated carbocycles. The maximum Gasteiger partial charge on any atom is 0.328 e. The van der Waals surface area contributed by atoms with Crippen LogP contribution in [0.15, 0.2) is 48.7 Å². The molecular weight excluding hydrogens is 618 g/mol. The topological polar surface area (TPSA) is 113 Å². The molecule has 3 aromatic rings. The van der Waals surface area contributed by atoms with Crippen molar-refractivity contribution in [2.45, 2.75) is 38.8 Å². The van der Waals surface area contributed by atoms with Crippen molar-refractivity contribution in [2.24, 2.45) is 0 Å². The Morgan fingerprint density at radius 2 is 1.49 bits per heavy atom. The summed E-state index contributed by atoms with van der Waals surface area (Å²) in [6.45, 7) is 3.89. The Kier molecular flexibility index (Phi) is 11.5. The molecule has 0 radical (unpaired) electrons. The third-order valence-corrected chi connectivity index (χ3v) is 7.33. The van der Waals surface area contributed by atoms with Crippen molar-refractivity contribution in [1.82, 2.24) is 10.3 Å². The monoisotopic (exact) mass is 642 g/mol. The van der Waals surface area contributed by atoms with Gasteiger partial charge in [0.15, 0.2) is 17.2 Å². The van der Waals surface area contributed by atoms with Gasteiger partial charge in [-0.15, -0.1) is 0 Å². The Morgan fingerprint density at radius 1 is 0.902 bits per heavy atom. The van der Waals surface area contributed by atoms with Crippen LogP contribution < -0.4 is 14.8 Å². The van der Waals surface area contributed by atoms with E-state index < -0.39 is 42.7 Å². The number of pyridine rings is 1. The van der Waals surface area contributed by atoms with Crippen molar-refractivity contribution in [1.29, 1.82) is 0 Å². The average molecular weight is 644 g/mol. The second-order valence-corrected chi connectivity index (χ2v) is 10.4. The van der Waals surface area contributed by atoms with Crippen LogP contribution in [0.2, 0.25) is 20.1 Å². The first-order chi connectivity index (χ1) is 19.4. The number of methoxy groups -OCH3 is 1. The summed E-state index contributed by atoms with van der Waals surface area (Å²) >= 11 is 24.8. The third-order valence-electron chi connectivity index (χ3n) is 5.85. The van der Waals surface area contributed by atoms with Gasteiger partial charge in [0.1, 0.15) is 12.1 Å². The van der Waals surface area contributed by atoms with Crippen LogP contribution in [0.5, 0.6) is 11.5 Å². The SMILES string of the molecule is COc1ccnc(C(=O)N[C@@H](C)C(=O)O[C@@H](C)C(c2ccc(Cl)c(Cl)c2)c2ccc(Cl)c(Cl)c2)c1OCOC(C)=O. The normalized spacial score (nSPS) is 12.3. The van der Waals surface area contributed by atoms with Gasteiger partial charge in [-0.05, 0) is 49.2 Å². The molecule has 3 rings (SSSR count). The number of carbonyl (C=O) groups is 3. The van der Waals surface area contributed by atoms with Crippen LogP contribution in [0.3, 0.4) is 0 Å². The minimum Gasteiger partial charge on any atom is -0.493 e. The van der Waals surface area contributed by atoms with Gasteiger partial charge >= 0.3 is 11.9 Å². The number of amides is 1. The Hall–Kier alpha value is -3.24. The van der Waals surface area contributed by atoms with E-state index in [0.717, 1.165) is 0 Å². The predicted molar refractivity (Wildman–Crippen MR) is 155 cm³/mol. The van der Waals surface area contributed by atoms with Gasteiger partial charge in [0, 0.05) is 25.1 Å². The largest absolute Gasteiger partial charge is 0.493 e. The molecule has 0 fully saturated rings. The van der Waals surface area contributed by atoms with E-state index in [1.807, 2.05) is 0 Å². The quantitative estimate of drug-likeness (QED) is 0.186. The van der Waals surface area contributed by atoms with Gasteiger partial charge in [-0.2, -0.15) is 0 Å². The molecular formula is C28H26Cl4N2O7. The van der Waals surface area contributed by atoms with Crippen molar-refractivity contribution >= 4 is 64.2 Å². The molecule has 0 bridgehead atoms. The average Bonchev–Trinajstić information content (AvgIpc) is 2.92. The number of esters is 2. The molecule has 0 aliphatic carbocycles. The Labute approximate surface area is 256 Å². The molecule has 13 heteroatoms. The summed E-state index contributed by atoms with van der Waals surface area (Å²) in [5.41, 5.74) is 1.24. The molecule has 41 heavy (non-hydrogen) atoms. The second kappa shape index (κ2) is 14.6. The van der Waals surface area contributed by atoms with E-state index in [1.165, 1.54) is 33.2 Å². The van der Waals surface area contributed by atoms with Crippen molar-refractivity contribution in [2.75, 3.05) is 13.9 Å². The molecule has 1 aromatic heterocycles. The van der Waals surface area contributed by atoms with Crippen molar-refractivity contribution < 1.29 is 33.3 Å². The molecule has 0 aliphatic heterocycles. The fourth-order valence-electron chi connectivity index (χ4n) is 3.89. The van der Waals surface area contributed by atoms with Gasteiger partial charge in [-0.3, -0.25) is 9.59 Å². The van der Waals surface area contributed by atoms with Gasteiger partial charge in [-0.1, -0.05) is 58.5 Å². The van der Waals surface area contributed by atoms with Crippen LogP contribution >= 0.6 is 46.4 Å². The Morgan fingerprint density at radius 3 is 2.00 bits per heavy atom. The summed E-state index contributed by atoms with van der Waals surface area (Å²) in [5.74, 6) is -2.45. The zero-order valence-electron chi connectivity index (χ0n) is 22.4. The van der Waals surface area contributed by atoms with Gasteiger partial charge in [0.05, 0.1) is 27.2 Å². The highest BCUT2D eigenvalue weighted by Gasteiger charge is 2.29. The lowest BCUT2D eigenvalue weighted by atomic mass is 9.87. The molecule has 1 N–H and O–H groups in total. The number of benzene rings is 2. The van der Waals surface area contributed by atoms with E-state index in [9.17, 15) is 14.4 Å². The van der Waals surface area contributed by atoms with Gasteiger partial charge in [-0.25, -0.2) is 9.78 Å². The fraction of sp³-hybridized carbons (Fsp3) is 0.286. The Balaban J connectivity index is 1.80. The second-order valence-electron chi connectivity index (χ2n) is 8.75. The number of hydrogen-bond acceptors (Lipinski definition) is 8. The third kappa shape index (κ3) is 8.39. The van der Waals surface area contributed by atoms with E-state index in [1.54, 1.807) is 43.3 Å². The van der Waals surface area contributed by atoms with Crippen LogP contribution in [-0.4, -0.2) is 48.9 Å². The van der Waals surface area contributed by atoms with E-state index in [4.69, 9.17) is 65.4 Å². The number of rotatable bonds is 11. The Bertz CT molecular complexity index is 1390. The number of carbonyl (C=O) groups excluding carboxylic acids is 3. The van der Waals surface area contributed by atoms with E-state index in [0.29, 0.717) is 31.2 Å². The number of ether oxygens (including phenoxy) is 4. The molecule has 2 atom stereocenters. The van der Waals surface area contributed by atoms with Gasteiger partial charge < -0.3 is 24.3 Å². The van der Waals surface area contributed by atoms with Crippen molar-refractivity contribution in [3.8, 4) is 11.5 Å². The smallest absolute Gasteiger partial charge is 0.328 e. The van der Waals surface area contributed by atoms with Gasteiger partial charge in [0.2, 0.25) is 6.79 Å². The van der Waals surface area contributed by atoms with Crippen molar-refractivity contribution in [3.05, 3.63) is 85.6 Å². The molecule has 0 unspecified atom stereocenters. The fourth-order valence-corrected chi connectivity index (χ4v) is 4.50. The van der Waals surface area contributed by atoms with Crippen LogP contribution in [0.1, 0.15) is 48.3 Å². The first-order valence-electron chi connectivity index (χ1n) is 12.1. The molecule has 1 heterocycles. The van der Waals surface area contributed by atoms with Gasteiger partial charge in [0.25, 0.3) is 5.91 Å². The number of nitrogens with one attached hydrogen (secondary N) is 1. The summed E-state index contributed by atoms with van der Waals surface area (Å²) in [6, 6.07) is 10.5. The molecule has 0 saturated heterocycles. The molecule has 218 valence electrons. The zero-order chi connectivity index (χ0) is 30.3. The van der Waals surface area contributed by atoms with Crippen LogP contribution in [0.4, 0.5) is 0 Å². The van der Waals surface area contributed by atoms with Crippen LogP contribution in [0, 0.1) is 0 Å². The minimum absolute atomic E-state index is 0.0676.